The van der Waals surface area contributed by atoms with E-state index in [9.17, 15) is 14.7 Å². The van der Waals surface area contributed by atoms with Crippen LogP contribution in [0.15, 0.2) is 51.5 Å². The van der Waals surface area contributed by atoms with Crippen LogP contribution in [0.4, 0.5) is 11.6 Å². The van der Waals surface area contributed by atoms with Crippen LogP contribution in [0.1, 0.15) is 35.9 Å². The van der Waals surface area contributed by atoms with E-state index >= 15 is 0 Å². The summed E-state index contributed by atoms with van der Waals surface area (Å²) in [7, 11) is 0. The Morgan fingerprint density at radius 3 is 2.72 bits per heavy atom. The average molecular weight is 395 g/mol. The van der Waals surface area contributed by atoms with Crippen molar-refractivity contribution in [1.82, 2.24) is 0 Å². The van der Waals surface area contributed by atoms with Crippen molar-refractivity contribution in [2.24, 2.45) is 5.10 Å². The Hall–Kier alpha value is -3.55. The van der Waals surface area contributed by atoms with Gasteiger partial charge in [0.2, 0.25) is 5.90 Å². The first-order valence-electron chi connectivity index (χ1n) is 9.53. The number of furan rings is 1. The molecule has 8 heteroatoms. The Morgan fingerprint density at radius 2 is 2.00 bits per heavy atom. The van der Waals surface area contributed by atoms with Gasteiger partial charge in [-0.15, -0.1) is 5.10 Å². The highest BCUT2D eigenvalue weighted by Crippen LogP contribution is 2.30. The fourth-order valence-electron chi connectivity index (χ4n) is 3.43. The molecular formula is C21H21N3O5. The number of nitrogens with zero attached hydrogens (tertiary/aromatic N) is 3. The minimum absolute atomic E-state index is 0.0176. The van der Waals surface area contributed by atoms with Crippen LogP contribution in [0.25, 0.3) is 6.08 Å². The van der Waals surface area contributed by atoms with Crippen molar-refractivity contribution in [3.05, 3.63) is 53.3 Å². The lowest BCUT2D eigenvalue weighted by Gasteiger charge is -2.13. The molecule has 0 bridgehead atoms. The first-order chi connectivity index (χ1) is 14.1. The van der Waals surface area contributed by atoms with Gasteiger partial charge >= 0.3 is 5.97 Å². The molecule has 0 aliphatic carbocycles. The molecule has 1 fully saturated rings. The van der Waals surface area contributed by atoms with Gasteiger partial charge in [-0.1, -0.05) is 12.1 Å². The fourth-order valence-corrected chi connectivity index (χ4v) is 3.43. The summed E-state index contributed by atoms with van der Waals surface area (Å²) in [5.41, 5.74) is 0.383. The fraction of sp³-hybridized carbons (Fsp3) is 0.286. The molecule has 0 atom stereocenters. The number of para-hydroxylation sites is 1. The summed E-state index contributed by atoms with van der Waals surface area (Å²) in [4.78, 5) is 26.8. The lowest BCUT2D eigenvalue weighted by Crippen LogP contribution is -2.23. The van der Waals surface area contributed by atoms with E-state index in [2.05, 4.69) is 10.0 Å². The summed E-state index contributed by atoms with van der Waals surface area (Å²) >= 11 is 0. The topological polar surface area (TPSA) is 95.6 Å². The van der Waals surface area contributed by atoms with Crippen molar-refractivity contribution >= 4 is 35.4 Å². The van der Waals surface area contributed by atoms with Gasteiger partial charge in [0.15, 0.2) is 5.88 Å². The lowest BCUT2D eigenvalue weighted by atomic mass is 10.1. The van der Waals surface area contributed by atoms with E-state index in [4.69, 9.17) is 9.15 Å². The van der Waals surface area contributed by atoms with Gasteiger partial charge in [0.05, 0.1) is 17.9 Å². The van der Waals surface area contributed by atoms with E-state index in [-0.39, 0.29) is 22.7 Å². The molecule has 0 unspecified atom stereocenters. The number of carbonyl (C=O) groups is 2. The first-order valence-corrected chi connectivity index (χ1v) is 9.53. The highest BCUT2D eigenvalue weighted by Gasteiger charge is 2.35. The van der Waals surface area contributed by atoms with Gasteiger partial charge in [0.25, 0.3) is 5.91 Å². The molecule has 1 N–H and O–H groups in total. The van der Waals surface area contributed by atoms with Crippen LogP contribution in [0.2, 0.25) is 0 Å². The molecule has 0 saturated carbocycles. The lowest BCUT2D eigenvalue weighted by molar-refractivity contribution is -0.114. The van der Waals surface area contributed by atoms with E-state index in [1.54, 1.807) is 31.2 Å². The minimum atomic E-state index is -1.14. The SMILES string of the molecule is CCOC1=NN(c2ccccc2C(=O)O)C(=O)C1=Cc1ccc(N2CCCC2)o1. The number of hydrazone groups is 1. The summed E-state index contributed by atoms with van der Waals surface area (Å²) in [6.45, 7) is 4.01. The van der Waals surface area contributed by atoms with Crippen LogP contribution < -0.4 is 9.91 Å². The summed E-state index contributed by atoms with van der Waals surface area (Å²) in [5.74, 6) is -0.197. The Kier molecular flexibility index (Phi) is 5.07. The number of carboxylic acid groups (broad SMARTS) is 1. The largest absolute Gasteiger partial charge is 0.478 e. The van der Waals surface area contributed by atoms with Crippen LogP contribution in [0, 0.1) is 0 Å². The quantitative estimate of drug-likeness (QED) is 0.780. The Bertz CT molecular complexity index is 1000. The predicted octanol–water partition coefficient (Wildman–Crippen LogP) is 3.36. The molecule has 2 aliphatic heterocycles. The minimum Gasteiger partial charge on any atom is -0.478 e. The van der Waals surface area contributed by atoms with Gasteiger partial charge in [0.1, 0.15) is 11.3 Å². The maximum Gasteiger partial charge on any atom is 0.337 e. The molecule has 1 saturated heterocycles. The van der Waals surface area contributed by atoms with E-state index in [1.807, 2.05) is 6.07 Å². The molecule has 0 radical (unpaired) electrons. The smallest absolute Gasteiger partial charge is 0.337 e. The van der Waals surface area contributed by atoms with E-state index < -0.39 is 11.9 Å². The molecule has 4 rings (SSSR count). The molecule has 0 spiro atoms. The van der Waals surface area contributed by atoms with E-state index in [1.165, 1.54) is 12.1 Å². The van der Waals surface area contributed by atoms with Crippen LogP contribution in [0.3, 0.4) is 0 Å². The van der Waals surface area contributed by atoms with Gasteiger partial charge in [-0.05, 0) is 44.0 Å². The number of rotatable bonds is 5. The van der Waals surface area contributed by atoms with Crippen molar-refractivity contribution in [2.75, 3.05) is 29.6 Å². The molecule has 2 aromatic rings. The number of benzene rings is 1. The Balaban J connectivity index is 1.67. The molecule has 3 heterocycles. The summed E-state index contributed by atoms with van der Waals surface area (Å²) in [6, 6.07) is 9.90. The molecule has 1 amide bonds. The predicted molar refractivity (Wildman–Crippen MR) is 108 cm³/mol. The van der Waals surface area contributed by atoms with Crippen LogP contribution in [-0.4, -0.2) is 42.6 Å². The van der Waals surface area contributed by atoms with Crippen molar-refractivity contribution in [1.29, 1.82) is 0 Å². The molecule has 2 aliphatic rings. The van der Waals surface area contributed by atoms with Crippen LogP contribution in [-0.2, 0) is 9.53 Å². The Labute approximate surface area is 167 Å². The van der Waals surface area contributed by atoms with Crippen molar-refractivity contribution in [2.45, 2.75) is 19.8 Å². The molecule has 150 valence electrons. The standard InChI is InChI=1S/C21H21N3O5/c1-2-28-19-16(13-14-9-10-18(29-14)23-11-5-6-12-23)20(25)24(22-19)17-8-4-3-7-15(17)21(26)27/h3-4,7-10,13H,2,5-6,11-12H2,1H3,(H,26,27). The number of hydrogen-bond donors (Lipinski definition) is 1. The maximum atomic E-state index is 13.1. The molecule has 1 aromatic carbocycles. The van der Waals surface area contributed by atoms with Gasteiger partial charge in [-0.2, -0.15) is 5.01 Å². The van der Waals surface area contributed by atoms with Gasteiger partial charge < -0.3 is 19.2 Å². The van der Waals surface area contributed by atoms with Gasteiger partial charge in [-0.3, -0.25) is 4.79 Å². The maximum absolute atomic E-state index is 13.1. The van der Waals surface area contributed by atoms with Crippen molar-refractivity contribution in [3.8, 4) is 0 Å². The zero-order valence-electron chi connectivity index (χ0n) is 16.0. The highest BCUT2D eigenvalue weighted by atomic mass is 16.5. The zero-order chi connectivity index (χ0) is 20.4. The normalized spacial score (nSPS) is 17.9. The summed E-state index contributed by atoms with van der Waals surface area (Å²) in [5, 5.41) is 14.7. The monoisotopic (exact) mass is 395 g/mol. The van der Waals surface area contributed by atoms with Crippen LogP contribution in [0.5, 0.6) is 0 Å². The first kappa shape index (κ1) is 18.8. The zero-order valence-corrected chi connectivity index (χ0v) is 16.0. The third-order valence-corrected chi connectivity index (χ3v) is 4.80. The number of ether oxygens (including phenoxy) is 1. The third-order valence-electron chi connectivity index (χ3n) is 4.80. The van der Waals surface area contributed by atoms with Gasteiger partial charge in [-0.25, -0.2) is 4.79 Å². The number of aromatic carboxylic acids is 1. The van der Waals surface area contributed by atoms with Crippen molar-refractivity contribution in [3.63, 3.8) is 0 Å². The molecule has 1 aromatic heterocycles. The molecular weight excluding hydrogens is 374 g/mol. The molecule has 29 heavy (non-hydrogen) atoms. The van der Waals surface area contributed by atoms with Crippen molar-refractivity contribution < 1.29 is 23.8 Å². The van der Waals surface area contributed by atoms with Gasteiger partial charge in [0, 0.05) is 19.2 Å². The number of carboxylic acids is 1. The highest BCUT2D eigenvalue weighted by molar-refractivity contribution is 6.30. The summed E-state index contributed by atoms with van der Waals surface area (Å²) in [6.07, 6.45) is 3.85. The number of carbonyl (C=O) groups excluding carboxylic acids is 1. The molecule has 8 nitrogen and oxygen atoms in total. The summed E-state index contributed by atoms with van der Waals surface area (Å²) < 4.78 is 11.4. The van der Waals surface area contributed by atoms with E-state index in [0.717, 1.165) is 36.8 Å². The second-order valence-electron chi connectivity index (χ2n) is 6.71. The number of amides is 1. The third kappa shape index (κ3) is 3.61. The van der Waals surface area contributed by atoms with E-state index in [0.29, 0.717) is 12.4 Å². The number of anilines is 2. The Morgan fingerprint density at radius 1 is 1.24 bits per heavy atom. The average Bonchev–Trinajstić information content (AvgIpc) is 3.45. The second kappa shape index (κ2) is 7.83. The second-order valence-corrected chi connectivity index (χ2v) is 6.71. The number of hydrogen-bond acceptors (Lipinski definition) is 6. The van der Waals surface area contributed by atoms with Crippen LogP contribution >= 0.6 is 0 Å².